The molecule has 1 aromatic heterocycles. The minimum atomic E-state index is -4.28. The molecule has 2 aromatic rings. The first-order valence-electron chi connectivity index (χ1n) is 5.20. The van der Waals surface area contributed by atoms with Crippen LogP contribution in [0.5, 0.6) is 0 Å². The van der Waals surface area contributed by atoms with Crippen molar-refractivity contribution in [2.75, 3.05) is 4.72 Å². The Morgan fingerprint density at radius 1 is 1.25 bits per heavy atom. The van der Waals surface area contributed by atoms with E-state index in [1.807, 2.05) is 0 Å². The molecule has 0 aliphatic heterocycles. The van der Waals surface area contributed by atoms with Gasteiger partial charge in [0.15, 0.2) is 11.6 Å². The summed E-state index contributed by atoms with van der Waals surface area (Å²) < 4.78 is 57.6. The van der Waals surface area contributed by atoms with Crippen LogP contribution in [0.4, 0.5) is 14.5 Å². The zero-order chi connectivity index (χ0) is 14.9. The fraction of sp³-hybridized carbons (Fsp3) is 0.0909. The summed E-state index contributed by atoms with van der Waals surface area (Å²) in [5.41, 5.74) is -0.810. The Labute approximate surface area is 121 Å². The molecule has 0 fully saturated rings. The lowest BCUT2D eigenvalue weighted by Gasteiger charge is -2.08. The van der Waals surface area contributed by atoms with Gasteiger partial charge in [-0.15, -0.1) is 0 Å². The van der Waals surface area contributed by atoms with Gasteiger partial charge in [0.25, 0.3) is 10.0 Å². The van der Waals surface area contributed by atoms with Gasteiger partial charge in [0, 0.05) is 4.47 Å². The summed E-state index contributed by atoms with van der Waals surface area (Å²) in [5.74, 6) is -2.13. The van der Waals surface area contributed by atoms with Gasteiger partial charge in [0.05, 0.1) is 0 Å². The number of benzene rings is 1. The van der Waals surface area contributed by atoms with E-state index in [-0.39, 0.29) is 10.2 Å². The molecular weight excluding hydrogens is 360 g/mol. The van der Waals surface area contributed by atoms with Crippen LogP contribution in [0.25, 0.3) is 0 Å². The Bertz CT molecular complexity index is 722. The van der Waals surface area contributed by atoms with Crippen molar-refractivity contribution in [1.82, 2.24) is 0 Å². The van der Waals surface area contributed by atoms with E-state index in [0.717, 1.165) is 18.2 Å². The fourth-order valence-corrected chi connectivity index (χ4v) is 2.84. The fourth-order valence-electron chi connectivity index (χ4n) is 1.41. The highest BCUT2D eigenvalue weighted by molar-refractivity contribution is 9.10. The number of hydrogen-bond acceptors (Lipinski definition) is 4. The standard InChI is InChI=1S/C11H8BrF2NO4S/c12-6-3-8(13)11(9(14)4-6)15-20(17,18)10-2-1-7(5-16)19-10/h1-4,15-16H,5H2. The number of rotatable bonds is 4. The van der Waals surface area contributed by atoms with Crippen molar-refractivity contribution in [2.45, 2.75) is 11.7 Å². The highest BCUT2D eigenvalue weighted by Crippen LogP contribution is 2.26. The summed E-state index contributed by atoms with van der Waals surface area (Å²) in [6.45, 7) is -0.490. The Balaban J connectivity index is 2.38. The number of hydrogen-bond donors (Lipinski definition) is 2. The predicted molar refractivity (Wildman–Crippen MR) is 69.5 cm³/mol. The number of anilines is 1. The lowest BCUT2D eigenvalue weighted by molar-refractivity contribution is 0.236. The minimum Gasteiger partial charge on any atom is -0.445 e. The summed E-state index contributed by atoms with van der Waals surface area (Å²) in [6, 6.07) is 4.15. The van der Waals surface area contributed by atoms with Crippen LogP contribution in [0.3, 0.4) is 0 Å². The number of aliphatic hydroxyl groups excluding tert-OH is 1. The first-order valence-corrected chi connectivity index (χ1v) is 7.48. The van der Waals surface area contributed by atoms with Crippen molar-refractivity contribution in [3.63, 3.8) is 0 Å². The molecule has 1 heterocycles. The number of nitrogens with one attached hydrogen (secondary N) is 1. The highest BCUT2D eigenvalue weighted by atomic mass is 79.9. The van der Waals surface area contributed by atoms with Crippen molar-refractivity contribution in [1.29, 1.82) is 0 Å². The molecule has 2 N–H and O–H groups in total. The normalized spacial score (nSPS) is 11.6. The van der Waals surface area contributed by atoms with E-state index in [4.69, 9.17) is 9.52 Å². The number of halogens is 3. The third-order valence-electron chi connectivity index (χ3n) is 2.30. The summed E-state index contributed by atoms with van der Waals surface area (Å²) in [5, 5.41) is 8.24. The molecule has 108 valence electrons. The molecule has 20 heavy (non-hydrogen) atoms. The monoisotopic (exact) mass is 367 g/mol. The smallest absolute Gasteiger partial charge is 0.295 e. The molecule has 0 spiro atoms. The maximum atomic E-state index is 13.6. The molecule has 0 unspecified atom stereocenters. The lowest BCUT2D eigenvalue weighted by Crippen LogP contribution is -2.14. The van der Waals surface area contributed by atoms with Gasteiger partial charge in [-0.05, 0) is 24.3 Å². The predicted octanol–water partition coefficient (Wildman–Crippen LogP) is 2.61. The number of furan rings is 1. The first-order chi connectivity index (χ1) is 9.33. The molecule has 1 aromatic carbocycles. The quantitative estimate of drug-likeness (QED) is 0.870. The van der Waals surface area contributed by atoms with Crippen LogP contribution in [-0.4, -0.2) is 13.5 Å². The average molecular weight is 368 g/mol. The molecule has 9 heteroatoms. The van der Waals surface area contributed by atoms with E-state index in [1.165, 1.54) is 6.07 Å². The van der Waals surface area contributed by atoms with E-state index in [2.05, 4.69) is 15.9 Å². The van der Waals surface area contributed by atoms with Crippen LogP contribution >= 0.6 is 15.9 Å². The van der Waals surface area contributed by atoms with Gasteiger partial charge in [-0.25, -0.2) is 8.78 Å². The van der Waals surface area contributed by atoms with Gasteiger partial charge in [0.2, 0.25) is 5.09 Å². The Hall–Kier alpha value is -1.45. The van der Waals surface area contributed by atoms with Gasteiger partial charge >= 0.3 is 0 Å². The summed E-state index contributed by atoms with van der Waals surface area (Å²) in [7, 11) is -4.28. The Morgan fingerprint density at radius 3 is 2.35 bits per heavy atom. The van der Waals surface area contributed by atoms with Crippen molar-refractivity contribution >= 4 is 31.6 Å². The summed E-state index contributed by atoms with van der Waals surface area (Å²) in [6.07, 6.45) is 0. The van der Waals surface area contributed by atoms with Gasteiger partial charge in [-0.1, -0.05) is 15.9 Å². The molecule has 0 bridgehead atoms. The largest absolute Gasteiger partial charge is 0.445 e. The van der Waals surface area contributed by atoms with Crippen molar-refractivity contribution in [2.24, 2.45) is 0 Å². The summed E-state index contributed by atoms with van der Waals surface area (Å²) >= 11 is 2.88. The topological polar surface area (TPSA) is 79.5 Å². The molecule has 5 nitrogen and oxygen atoms in total. The van der Waals surface area contributed by atoms with E-state index in [1.54, 1.807) is 4.72 Å². The highest BCUT2D eigenvalue weighted by Gasteiger charge is 2.23. The average Bonchev–Trinajstić information content (AvgIpc) is 2.83. The molecule has 0 aliphatic carbocycles. The molecule has 0 amide bonds. The molecule has 0 aliphatic rings. The van der Waals surface area contributed by atoms with Crippen LogP contribution in [0.1, 0.15) is 5.76 Å². The van der Waals surface area contributed by atoms with Crippen LogP contribution in [-0.2, 0) is 16.6 Å². The van der Waals surface area contributed by atoms with Crippen molar-refractivity contribution in [3.05, 3.63) is 46.1 Å². The molecule has 0 radical (unpaired) electrons. The lowest BCUT2D eigenvalue weighted by atomic mass is 10.3. The molecule has 0 saturated heterocycles. The third kappa shape index (κ3) is 3.00. The van der Waals surface area contributed by atoms with Crippen LogP contribution in [0.15, 0.2) is 38.2 Å². The second-order valence-corrected chi connectivity index (χ2v) is 6.26. The van der Waals surface area contributed by atoms with E-state index < -0.39 is 39.0 Å². The van der Waals surface area contributed by atoms with Gasteiger partial charge in [0.1, 0.15) is 18.1 Å². The molecule has 0 saturated carbocycles. The molecular formula is C11H8BrF2NO4S. The van der Waals surface area contributed by atoms with Crippen LogP contribution in [0.2, 0.25) is 0 Å². The van der Waals surface area contributed by atoms with E-state index >= 15 is 0 Å². The zero-order valence-corrected chi connectivity index (χ0v) is 12.1. The zero-order valence-electron chi connectivity index (χ0n) is 9.73. The van der Waals surface area contributed by atoms with Gasteiger partial charge in [-0.3, -0.25) is 4.72 Å². The van der Waals surface area contributed by atoms with Crippen molar-refractivity contribution < 1.29 is 26.7 Å². The Kier molecular flexibility index (Phi) is 4.11. The maximum Gasteiger partial charge on any atom is 0.295 e. The van der Waals surface area contributed by atoms with E-state index in [9.17, 15) is 17.2 Å². The van der Waals surface area contributed by atoms with Gasteiger partial charge < -0.3 is 9.52 Å². The SMILES string of the molecule is O=S(=O)(Nc1c(F)cc(Br)cc1F)c1ccc(CO)o1. The second-order valence-electron chi connectivity index (χ2n) is 3.73. The molecule has 0 atom stereocenters. The molecule has 2 rings (SSSR count). The van der Waals surface area contributed by atoms with Crippen molar-refractivity contribution in [3.8, 4) is 0 Å². The van der Waals surface area contributed by atoms with Gasteiger partial charge in [-0.2, -0.15) is 8.42 Å². The third-order valence-corrected chi connectivity index (χ3v) is 3.98. The van der Waals surface area contributed by atoms with Crippen LogP contribution < -0.4 is 4.72 Å². The first kappa shape index (κ1) is 14.9. The Morgan fingerprint density at radius 2 is 1.85 bits per heavy atom. The summed E-state index contributed by atoms with van der Waals surface area (Å²) in [4.78, 5) is 0. The van der Waals surface area contributed by atoms with Crippen LogP contribution in [0, 0.1) is 11.6 Å². The maximum absolute atomic E-state index is 13.6. The minimum absolute atomic E-state index is 0.0159. The number of sulfonamides is 1. The number of aliphatic hydroxyl groups is 1. The van der Waals surface area contributed by atoms with E-state index in [0.29, 0.717) is 0 Å². The second kappa shape index (κ2) is 5.51.